The highest BCUT2D eigenvalue weighted by atomic mass is 16.5. The minimum absolute atomic E-state index is 0.0118. The summed E-state index contributed by atoms with van der Waals surface area (Å²) in [7, 11) is 0. The molecule has 10 heteroatoms. The average molecular weight is 465 g/mol. The van der Waals surface area contributed by atoms with E-state index in [0.29, 0.717) is 35.7 Å². The molecule has 1 unspecified atom stereocenters. The van der Waals surface area contributed by atoms with E-state index in [2.05, 4.69) is 20.4 Å². The fraction of sp³-hybridized carbons (Fsp3) is 0.458. The number of benzene rings is 1. The summed E-state index contributed by atoms with van der Waals surface area (Å²) in [6, 6.07) is 5.89. The molecule has 1 aliphatic heterocycles. The van der Waals surface area contributed by atoms with Crippen molar-refractivity contribution >= 4 is 27.8 Å². The summed E-state index contributed by atoms with van der Waals surface area (Å²) < 4.78 is 14.1. The number of carbonyl (C=O) groups excluding carboxylic acids is 1. The van der Waals surface area contributed by atoms with Crippen LogP contribution in [0.5, 0.6) is 0 Å². The number of ether oxygens (including phenoxy) is 1. The molecule has 1 atom stereocenters. The maximum absolute atomic E-state index is 13.5. The predicted molar refractivity (Wildman–Crippen MR) is 126 cm³/mol. The van der Waals surface area contributed by atoms with Gasteiger partial charge in [0.15, 0.2) is 5.82 Å². The second-order valence-electron chi connectivity index (χ2n) is 8.78. The molecule has 1 aromatic carbocycles. The Morgan fingerprint density at radius 1 is 1.32 bits per heavy atom. The van der Waals surface area contributed by atoms with E-state index in [1.54, 1.807) is 4.57 Å². The number of aryl methyl sites for hydroxylation is 2. The van der Waals surface area contributed by atoms with Gasteiger partial charge in [0.25, 0.3) is 5.56 Å². The fourth-order valence-corrected chi connectivity index (χ4v) is 4.45. The molecule has 5 rings (SSSR count). The van der Waals surface area contributed by atoms with Gasteiger partial charge in [-0.05, 0) is 38.3 Å². The molecule has 0 saturated carbocycles. The number of hydrogen-bond donors (Lipinski definition) is 1. The normalized spacial score (nSPS) is 16.0. The number of amides is 1. The molecule has 1 N–H and O–H groups in total. The Hall–Kier alpha value is -3.53. The van der Waals surface area contributed by atoms with Gasteiger partial charge in [0.2, 0.25) is 11.8 Å². The molecule has 1 fully saturated rings. The van der Waals surface area contributed by atoms with Gasteiger partial charge in [0.1, 0.15) is 24.1 Å². The van der Waals surface area contributed by atoms with Crippen molar-refractivity contribution in [2.24, 2.45) is 0 Å². The van der Waals surface area contributed by atoms with Crippen molar-refractivity contribution in [3.63, 3.8) is 0 Å². The fourth-order valence-electron chi connectivity index (χ4n) is 4.45. The highest BCUT2D eigenvalue weighted by Gasteiger charge is 2.21. The number of nitrogens with zero attached hydrogens (tertiary/aromatic N) is 5. The van der Waals surface area contributed by atoms with Gasteiger partial charge < -0.3 is 19.1 Å². The van der Waals surface area contributed by atoms with Crippen LogP contribution in [0, 0.1) is 6.92 Å². The summed E-state index contributed by atoms with van der Waals surface area (Å²) in [5, 5.41) is 7.75. The lowest BCUT2D eigenvalue weighted by Gasteiger charge is -2.12. The molecule has 1 amide bonds. The van der Waals surface area contributed by atoms with Crippen molar-refractivity contribution in [3.8, 4) is 0 Å². The third-order valence-corrected chi connectivity index (χ3v) is 6.12. The second kappa shape index (κ2) is 9.38. The van der Waals surface area contributed by atoms with Crippen LogP contribution in [-0.2, 0) is 29.0 Å². The Balaban J connectivity index is 1.51. The molecular formula is C24H28N6O4. The van der Waals surface area contributed by atoms with Gasteiger partial charge in [-0.3, -0.25) is 14.2 Å². The highest BCUT2D eigenvalue weighted by Crippen LogP contribution is 2.26. The molecule has 0 radical (unpaired) electrons. The Morgan fingerprint density at radius 3 is 3.00 bits per heavy atom. The van der Waals surface area contributed by atoms with E-state index in [9.17, 15) is 9.59 Å². The van der Waals surface area contributed by atoms with Gasteiger partial charge in [-0.15, -0.1) is 0 Å². The monoisotopic (exact) mass is 464 g/mol. The molecule has 0 aliphatic carbocycles. The van der Waals surface area contributed by atoms with E-state index in [0.717, 1.165) is 42.3 Å². The summed E-state index contributed by atoms with van der Waals surface area (Å²) in [6.07, 6.45) is 5.12. The Kier molecular flexibility index (Phi) is 6.14. The van der Waals surface area contributed by atoms with Crippen LogP contribution in [0.25, 0.3) is 21.9 Å². The zero-order chi connectivity index (χ0) is 23.7. The Bertz CT molecular complexity index is 1400. The molecule has 4 heterocycles. The van der Waals surface area contributed by atoms with Gasteiger partial charge in [-0.2, -0.15) is 4.98 Å². The molecule has 1 aliphatic rings. The lowest BCUT2D eigenvalue weighted by atomic mass is 10.1. The van der Waals surface area contributed by atoms with Crippen LogP contribution in [0.1, 0.15) is 43.5 Å². The van der Waals surface area contributed by atoms with E-state index in [-0.39, 0.29) is 30.7 Å². The summed E-state index contributed by atoms with van der Waals surface area (Å²) in [5.41, 5.74) is 2.53. The van der Waals surface area contributed by atoms with E-state index < -0.39 is 0 Å². The molecule has 178 valence electrons. The van der Waals surface area contributed by atoms with Gasteiger partial charge in [0.05, 0.1) is 17.9 Å². The Labute approximate surface area is 195 Å². The first-order chi connectivity index (χ1) is 16.5. The first-order valence-corrected chi connectivity index (χ1v) is 11.7. The second-order valence-corrected chi connectivity index (χ2v) is 8.78. The number of carbonyl (C=O) groups is 1. The summed E-state index contributed by atoms with van der Waals surface area (Å²) in [5.74, 6) is 0.789. The topological polar surface area (TPSA) is 117 Å². The van der Waals surface area contributed by atoms with E-state index in [4.69, 9.17) is 9.26 Å². The smallest absolute Gasteiger partial charge is 0.278 e. The molecule has 1 saturated heterocycles. The van der Waals surface area contributed by atoms with E-state index in [1.807, 2.05) is 32.0 Å². The van der Waals surface area contributed by atoms with Crippen molar-refractivity contribution in [2.75, 3.05) is 13.2 Å². The lowest BCUT2D eigenvalue weighted by molar-refractivity contribution is -0.122. The number of hydrogen-bond acceptors (Lipinski definition) is 7. The molecule has 3 aromatic heterocycles. The largest absolute Gasteiger partial charge is 0.376 e. The van der Waals surface area contributed by atoms with Crippen molar-refractivity contribution < 1.29 is 14.1 Å². The predicted octanol–water partition coefficient (Wildman–Crippen LogP) is 2.34. The van der Waals surface area contributed by atoms with Crippen molar-refractivity contribution in [1.29, 1.82) is 0 Å². The number of aromatic nitrogens is 5. The first kappa shape index (κ1) is 22.3. The molecule has 34 heavy (non-hydrogen) atoms. The van der Waals surface area contributed by atoms with E-state index >= 15 is 0 Å². The van der Waals surface area contributed by atoms with Crippen LogP contribution in [0.4, 0.5) is 0 Å². The summed E-state index contributed by atoms with van der Waals surface area (Å²) >= 11 is 0. The molecule has 0 spiro atoms. The van der Waals surface area contributed by atoms with Crippen LogP contribution >= 0.6 is 0 Å². The van der Waals surface area contributed by atoms with Gasteiger partial charge in [0, 0.05) is 25.0 Å². The third kappa shape index (κ3) is 4.33. The Morgan fingerprint density at radius 2 is 2.21 bits per heavy atom. The van der Waals surface area contributed by atoms with Crippen LogP contribution in [-0.4, -0.2) is 49.4 Å². The van der Waals surface area contributed by atoms with Gasteiger partial charge in [-0.25, -0.2) is 4.98 Å². The molecule has 10 nitrogen and oxygen atoms in total. The number of rotatable bonds is 8. The minimum Gasteiger partial charge on any atom is -0.376 e. The van der Waals surface area contributed by atoms with E-state index in [1.165, 1.54) is 10.9 Å². The minimum atomic E-state index is -0.263. The van der Waals surface area contributed by atoms with Crippen LogP contribution in [0.15, 0.2) is 33.8 Å². The van der Waals surface area contributed by atoms with Crippen molar-refractivity contribution in [3.05, 3.63) is 52.2 Å². The number of fused-ring (bicyclic) bond motifs is 3. The summed E-state index contributed by atoms with van der Waals surface area (Å²) in [4.78, 5) is 35.3. The quantitative estimate of drug-likeness (QED) is 0.425. The zero-order valence-corrected chi connectivity index (χ0v) is 19.4. The average Bonchev–Trinajstić information content (AvgIpc) is 3.55. The maximum Gasteiger partial charge on any atom is 0.278 e. The summed E-state index contributed by atoms with van der Waals surface area (Å²) in [6.45, 7) is 5.35. The van der Waals surface area contributed by atoms with Crippen molar-refractivity contribution in [2.45, 2.75) is 58.7 Å². The molecular weight excluding hydrogens is 436 g/mol. The van der Waals surface area contributed by atoms with Crippen LogP contribution < -0.4 is 10.9 Å². The SMILES string of the molecule is CCCc1noc(Cn2cnc3c4cc(C)ccc4n(CC(=O)NCC4CCCO4)c3c2=O)n1. The molecule has 0 bridgehead atoms. The van der Waals surface area contributed by atoms with Crippen LogP contribution in [0.2, 0.25) is 0 Å². The van der Waals surface area contributed by atoms with Crippen molar-refractivity contribution in [1.82, 2.24) is 29.6 Å². The highest BCUT2D eigenvalue weighted by molar-refractivity contribution is 6.06. The van der Waals surface area contributed by atoms with Crippen LogP contribution in [0.3, 0.4) is 0 Å². The maximum atomic E-state index is 13.5. The zero-order valence-electron chi connectivity index (χ0n) is 19.4. The standard InChI is InChI=1S/C24H28N6O4/c1-3-5-19-27-21(34-28-19)13-29-14-26-22-17-10-15(2)7-8-18(17)30(23(22)24(29)32)12-20(31)25-11-16-6-4-9-33-16/h7-8,10,14,16H,3-6,9,11-13H2,1-2H3,(H,25,31). The first-order valence-electron chi connectivity index (χ1n) is 11.7. The third-order valence-electron chi connectivity index (χ3n) is 6.12. The van der Waals surface area contributed by atoms with Gasteiger partial charge >= 0.3 is 0 Å². The van der Waals surface area contributed by atoms with Gasteiger partial charge in [-0.1, -0.05) is 23.7 Å². The lowest BCUT2D eigenvalue weighted by Crippen LogP contribution is -2.34. The molecule has 4 aromatic rings. The number of nitrogens with one attached hydrogen (secondary N) is 1.